The first-order valence-corrected chi connectivity index (χ1v) is 8.75. The smallest absolute Gasteiger partial charge is 0.309 e. The van der Waals surface area contributed by atoms with Crippen molar-refractivity contribution < 1.29 is 24.5 Å². The second kappa shape index (κ2) is 4.93. The summed E-state index contributed by atoms with van der Waals surface area (Å²) < 4.78 is 12.9. The van der Waals surface area contributed by atoms with E-state index in [1.165, 1.54) is 10.8 Å². The molecule has 2 aromatic rings. The summed E-state index contributed by atoms with van der Waals surface area (Å²) in [6, 6.07) is 3.46. The Balaban J connectivity index is 1.42. The van der Waals surface area contributed by atoms with Crippen LogP contribution in [0.4, 0.5) is 5.82 Å². The third kappa shape index (κ3) is 1.82. The fourth-order valence-electron chi connectivity index (χ4n) is 4.12. The van der Waals surface area contributed by atoms with Crippen LogP contribution < -0.4 is 5.73 Å². The van der Waals surface area contributed by atoms with Crippen LogP contribution in [0.2, 0.25) is 0 Å². The van der Waals surface area contributed by atoms with Crippen molar-refractivity contribution >= 4 is 17.3 Å². The molecule has 5 rings (SSSR count). The number of nitrogens with two attached hydrogens (primary N) is 1. The molecule has 4 N–H and O–H groups in total. The van der Waals surface area contributed by atoms with E-state index < -0.39 is 29.5 Å². The van der Waals surface area contributed by atoms with Crippen molar-refractivity contribution in [3.63, 3.8) is 0 Å². The van der Waals surface area contributed by atoms with E-state index in [2.05, 4.69) is 10.1 Å². The number of aromatic nitrogens is 3. The van der Waals surface area contributed by atoms with Crippen molar-refractivity contribution in [2.24, 2.45) is 5.92 Å². The molecule has 3 heterocycles. The maximum atomic E-state index is 12.1. The largest absolute Gasteiger partial charge is 0.456 e. The van der Waals surface area contributed by atoms with Crippen LogP contribution in [0.15, 0.2) is 18.5 Å². The summed E-state index contributed by atoms with van der Waals surface area (Å²) in [6.07, 6.45) is 1.06. The van der Waals surface area contributed by atoms with Crippen LogP contribution in [0, 0.1) is 5.92 Å². The first kappa shape index (κ1) is 16.0. The van der Waals surface area contributed by atoms with Crippen molar-refractivity contribution in [1.29, 1.82) is 0 Å². The van der Waals surface area contributed by atoms with Gasteiger partial charge in [0.05, 0.1) is 11.6 Å². The van der Waals surface area contributed by atoms with E-state index in [0.717, 1.165) is 19.3 Å². The molecule has 0 spiro atoms. The summed E-state index contributed by atoms with van der Waals surface area (Å²) >= 11 is 0. The van der Waals surface area contributed by atoms with E-state index >= 15 is 0 Å². The highest BCUT2D eigenvalue weighted by atomic mass is 16.6. The molecule has 138 valence electrons. The fraction of sp³-hybridized carbons (Fsp3) is 0.588. The molecule has 1 saturated heterocycles. The lowest BCUT2D eigenvalue weighted by atomic mass is 9.86. The molecule has 1 aliphatic heterocycles. The van der Waals surface area contributed by atoms with Gasteiger partial charge < -0.3 is 25.4 Å². The molecule has 0 bridgehead atoms. The van der Waals surface area contributed by atoms with E-state index in [0.29, 0.717) is 17.0 Å². The van der Waals surface area contributed by atoms with Gasteiger partial charge in [-0.1, -0.05) is 6.42 Å². The number of nitrogen functional groups attached to an aromatic ring is 1. The van der Waals surface area contributed by atoms with Crippen LogP contribution in [0.5, 0.6) is 0 Å². The highest BCUT2D eigenvalue weighted by Crippen LogP contribution is 2.59. The molecule has 1 unspecified atom stereocenters. The molecule has 9 nitrogen and oxygen atoms in total. The molecule has 0 aromatic carbocycles. The molecular formula is C17H20N4O5. The van der Waals surface area contributed by atoms with Crippen LogP contribution in [0.1, 0.15) is 31.9 Å². The van der Waals surface area contributed by atoms with Gasteiger partial charge in [0.15, 0.2) is 17.5 Å². The molecule has 5 atom stereocenters. The summed E-state index contributed by atoms with van der Waals surface area (Å²) in [5.41, 5.74) is 4.14. The minimum atomic E-state index is -1.61. The Labute approximate surface area is 148 Å². The topological polar surface area (TPSA) is 132 Å². The Morgan fingerprint density at radius 2 is 2.23 bits per heavy atom. The number of fused-ring (bicyclic) bond motifs is 2. The number of rotatable bonds is 3. The first-order chi connectivity index (χ1) is 12.4. The number of ether oxygens (including phenoxy) is 2. The van der Waals surface area contributed by atoms with E-state index in [4.69, 9.17) is 15.2 Å². The molecule has 26 heavy (non-hydrogen) atoms. The Hall–Kier alpha value is -2.23. The van der Waals surface area contributed by atoms with Gasteiger partial charge in [-0.25, -0.2) is 9.50 Å². The molecule has 3 aliphatic rings. The Kier molecular flexibility index (Phi) is 3.03. The second-order valence-corrected chi connectivity index (χ2v) is 7.58. The molecule has 2 aliphatic carbocycles. The lowest BCUT2D eigenvalue weighted by Gasteiger charge is -2.32. The third-order valence-corrected chi connectivity index (χ3v) is 6.08. The van der Waals surface area contributed by atoms with Crippen molar-refractivity contribution in [3.05, 3.63) is 24.2 Å². The lowest BCUT2D eigenvalue weighted by Crippen LogP contribution is -2.47. The molecular weight excluding hydrogens is 340 g/mol. The number of carbonyl (C=O) groups is 1. The van der Waals surface area contributed by atoms with Gasteiger partial charge >= 0.3 is 5.97 Å². The van der Waals surface area contributed by atoms with Gasteiger partial charge in [0.1, 0.15) is 29.7 Å². The van der Waals surface area contributed by atoms with Gasteiger partial charge in [-0.3, -0.25) is 4.79 Å². The molecule has 2 saturated carbocycles. The Morgan fingerprint density at radius 3 is 2.85 bits per heavy atom. The van der Waals surface area contributed by atoms with Gasteiger partial charge in [-0.2, -0.15) is 5.10 Å². The third-order valence-electron chi connectivity index (χ3n) is 6.08. The average molecular weight is 360 g/mol. The number of aliphatic hydroxyl groups is 2. The standard InChI is InChI=1S/C17H20N4O5/c1-16(10-6-5-9-13(18)19-7-20-21(9)10)15(23)17(24)11(12(17)26-16)25-14(22)8-3-2-4-8/h5-8,11-12,15,23-24H,2-4H2,1H3,(H2,18,19,20)/t11?,12-,15+,16+,17-/m1/s1. The number of esters is 1. The minimum absolute atomic E-state index is 0.0994. The van der Waals surface area contributed by atoms with Crippen molar-refractivity contribution in [1.82, 2.24) is 14.6 Å². The second-order valence-electron chi connectivity index (χ2n) is 7.58. The quantitative estimate of drug-likeness (QED) is 0.638. The van der Waals surface area contributed by atoms with Crippen LogP contribution >= 0.6 is 0 Å². The zero-order chi connectivity index (χ0) is 18.3. The van der Waals surface area contributed by atoms with Crippen molar-refractivity contribution in [3.8, 4) is 0 Å². The van der Waals surface area contributed by atoms with Gasteiger partial charge in [0.25, 0.3) is 0 Å². The molecule has 2 aromatic heterocycles. The normalized spacial score (nSPS) is 38.8. The zero-order valence-electron chi connectivity index (χ0n) is 14.2. The highest BCUT2D eigenvalue weighted by Gasteiger charge is 2.82. The van der Waals surface area contributed by atoms with Crippen LogP contribution in [-0.2, 0) is 19.9 Å². The number of anilines is 1. The van der Waals surface area contributed by atoms with Gasteiger partial charge in [0.2, 0.25) is 0 Å². The number of hydrogen-bond donors (Lipinski definition) is 3. The van der Waals surface area contributed by atoms with Gasteiger partial charge in [-0.15, -0.1) is 0 Å². The van der Waals surface area contributed by atoms with Gasteiger partial charge in [-0.05, 0) is 31.9 Å². The van der Waals surface area contributed by atoms with E-state index in [1.807, 2.05) is 0 Å². The summed E-state index contributed by atoms with van der Waals surface area (Å²) in [6.45, 7) is 1.67. The van der Waals surface area contributed by atoms with Crippen LogP contribution in [0.3, 0.4) is 0 Å². The molecule has 0 radical (unpaired) electrons. The molecule has 0 amide bonds. The zero-order valence-corrected chi connectivity index (χ0v) is 14.2. The predicted octanol–water partition coefficient (Wildman–Crippen LogP) is -0.257. The predicted molar refractivity (Wildman–Crippen MR) is 87.8 cm³/mol. The minimum Gasteiger partial charge on any atom is -0.456 e. The monoisotopic (exact) mass is 360 g/mol. The fourth-order valence-corrected chi connectivity index (χ4v) is 4.12. The average Bonchev–Trinajstić information content (AvgIpc) is 2.86. The number of nitrogens with zero attached hydrogens (tertiary/aromatic N) is 3. The van der Waals surface area contributed by atoms with E-state index in [-0.39, 0.29) is 11.9 Å². The molecule has 3 fully saturated rings. The number of carbonyl (C=O) groups excluding carboxylic acids is 1. The molecule has 9 heteroatoms. The first-order valence-electron chi connectivity index (χ1n) is 8.75. The SMILES string of the molecule is C[C@@]1(c2ccc3c(N)ncnn23)O[C@@H]2C(OC(=O)C3CCC3)[C@]2(O)[C@H]1O. The summed E-state index contributed by atoms with van der Waals surface area (Å²) in [5, 5.41) is 25.9. The summed E-state index contributed by atoms with van der Waals surface area (Å²) in [4.78, 5) is 16.0. The lowest BCUT2D eigenvalue weighted by molar-refractivity contribution is -0.170. The Morgan fingerprint density at radius 1 is 1.46 bits per heavy atom. The maximum absolute atomic E-state index is 12.1. The highest BCUT2D eigenvalue weighted by molar-refractivity contribution is 5.74. The number of aliphatic hydroxyl groups excluding tert-OH is 1. The van der Waals surface area contributed by atoms with Crippen LogP contribution in [-0.4, -0.2) is 54.7 Å². The van der Waals surface area contributed by atoms with Gasteiger partial charge in [0, 0.05) is 0 Å². The summed E-state index contributed by atoms with van der Waals surface area (Å²) in [7, 11) is 0. The Bertz CT molecular complexity index is 912. The maximum Gasteiger partial charge on any atom is 0.309 e. The summed E-state index contributed by atoms with van der Waals surface area (Å²) in [5.74, 6) is -0.119. The van der Waals surface area contributed by atoms with Crippen molar-refractivity contribution in [2.75, 3.05) is 5.73 Å². The number of hydrogen-bond acceptors (Lipinski definition) is 8. The van der Waals surface area contributed by atoms with Crippen LogP contribution in [0.25, 0.3) is 5.52 Å². The van der Waals surface area contributed by atoms with E-state index in [1.54, 1.807) is 19.1 Å². The van der Waals surface area contributed by atoms with Crippen molar-refractivity contribution in [2.45, 2.75) is 55.7 Å². The van der Waals surface area contributed by atoms with E-state index in [9.17, 15) is 15.0 Å².